The molecule has 4 nitrogen and oxygen atoms in total. The van der Waals surface area contributed by atoms with Crippen molar-refractivity contribution in [2.75, 3.05) is 6.61 Å². The predicted octanol–water partition coefficient (Wildman–Crippen LogP) is 1.62. The Labute approximate surface area is 93.0 Å². The summed E-state index contributed by atoms with van der Waals surface area (Å²) in [4.78, 5) is 21.4. The lowest BCUT2D eigenvalue weighted by atomic mass is 10.3. The van der Waals surface area contributed by atoms with Crippen molar-refractivity contribution in [3.8, 4) is 5.75 Å². The van der Waals surface area contributed by atoms with E-state index >= 15 is 0 Å². The maximum absolute atomic E-state index is 11.0. The molecule has 0 spiro atoms. The van der Waals surface area contributed by atoms with Crippen LogP contribution in [0.5, 0.6) is 5.75 Å². The van der Waals surface area contributed by atoms with Gasteiger partial charge in [0.15, 0.2) is 0 Å². The van der Waals surface area contributed by atoms with Crippen molar-refractivity contribution in [3.63, 3.8) is 0 Å². The Morgan fingerprint density at radius 2 is 1.93 bits per heavy atom. The van der Waals surface area contributed by atoms with Gasteiger partial charge in [0.2, 0.25) is 5.91 Å². The summed E-state index contributed by atoms with van der Waals surface area (Å²) in [6.45, 7) is 0.233. The van der Waals surface area contributed by atoms with E-state index in [4.69, 9.17) is 4.74 Å². The highest BCUT2D eigenvalue weighted by Gasteiger charge is 2.03. The Morgan fingerprint density at radius 1 is 1.27 bits per heavy atom. The number of hydrogen-bond acceptors (Lipinski definition) is 3. The summed E-state index contributed by atoms with van der Waals surface area (Å²) in [7, 11) is 0. The second-order valence-electron chi connectivity index (χ2n) is 2.76. The standard InChI is InChI=1S/C10H11NO3S/c12-9(11-10(13)15)6-7-14-8-4-2-1-3-5-8/h1-5H,6-7H2,(H2,11,12,13,15). The maximum atomic E-state index is 11.0. The first-order chi connectivity index (χ1) is 7.18. The fourth-order valence-corrected chi connectivity index (χ4v) is 1.08. The van der Waals surface area contributed by atoms with Crippen LogP contribution in [-0.4, -0.2) is 17.8 Å². The van der Waals surface area contributed by atoms with E-state index in [-0.39, 0.29) is 13.0 Å². The average molecular weight is 225 g/mol. The number of carbonyl (C=O) groups excluding carboxylic acids is 2. The first-order valence-corrected chi connectivity index (χ1v) is 4.84. The monoisotopic (exact) mass is 225 g/mol. The molecule has 2 amide bonds. The Balaban J connectivity index is 2.22. The zero-order valence-electron chi connectivity index (χ0n) is 7.97. The van der Waals surface area contributed by atoms with Gasteiger partial charge in [0.05, 0.1) is 13.0 Å². The minimum atomic E-state index is -0.653. The van der Waals surface area contributed by atoms with E-state index in [1.54, 1.807) is 12.1 Å². The molecule has 0 fully saturated rings. The Kier molecular flexibility index (Phi) is 4.70. The number of thiol groups is 1. The van der Waals surface area contributed by atoms with Gasteiger partial charge in [-0.05, 0) is 12.1 Å². The maximum Gasteiger partial charge on any atom is 0.282 e. The van der Waals surface area contributed by atoms with E-state index in [1.165, 1.54) is 0 Å². The van der Waals surface area contributed by atoms with Gasteiger partial charge in [0.25, 0.3) is 5.24 Å². The minimum Gasteiger partial charge on any atom is -0.493 e. The summed E-state index contributed by atoms with van der Waals surface area (Å²) in [5, 5.41) is 1.38. The zero-order chi connectivity index (χ0) is 11.1. The topological polar surface area (TPSA) is 55.4 Å². The van der Waals surface area contributed by atoms with Crippen molar-refractivity contribution in [1.29, 1.82) is 0 Å². The zero-order valence-corrected chi connectivity index (χ0v) is 8.87. The van der Waals surface area contributed by atoms with E-state index < -0.39 is 11.1 Å². The van der Waals surface area contributed by atoms with Crippen molar-refractivity contribution in [2.24, 2.45) is 0 Å². The van der Waals surface area contributed by atoms with Gasteiger partial charge < -0.3 is 4.74 Å². The number of nitrogens with one attached hydrogen (secondary N) is 1. The molecule has 15 heavy (non-hydrogen) atoms. The molecule has 0 aliphatic heterocycles. The summed E-state index contributed by atoms with van der Waals surface area (Å²) >= 11 is 3.42. The molecule has 1 rings (SSSR count). The van der Waals surface area contributed by atoms with Gasteiger partial charge in [-0.3, -0.25) is 14.9 Å². The molecule has 0 aromatic heterocycles. The van der Waals surface area contributed by atoms with Crippen molar-refractivity contribution < 1.29 is 14.3 Å². The van der Waals surface area contributed by atoms with E-state index in [1.807, 2.05) is 23.5 Å². The van der Waals surface area contributed by atoms with Crippen molar-refractivity contribution in [3.05, 3.63) is 30.3 Å². The van der Waals surface area contributed by atoms with Crippen molar-refractivity contribution >= 4 is 23.8 Å². The fourth-order valence-electron chi connectivity index (χ4n) is 0.960. The third-order valence-corrected chi connectivity index (χ3v) is 1.70. The van der Waals surface area contributed by atoms with Crippen molar-refractivity contribution in [1.82, 2.24) is 5.32 Å². The van der Waals surface area contributed by atoms with Crippen LogP contribution in [0.25, 0.3) is 0 Å². The minimum absolute atomic E-state index is 0.126. The first-order valence-electron chi connectivity index (χ1n) is 4.39. The molecule has 80 valence electrons. The van der Waals surface area contributed by atoms with Crippen LogP contribution in [0, 0.1) is 0 Å². The molecular formula is C10H11NO3S. The smallest absolute Gasteiger partial charge is 0.282 e. The highest BCUT2D eigenvalue weighted by molar-refractivity contribution is 7.96. The Bertz CT molecular complexity index is 340. The molecule has 1 aromatic carbocycles. The number of imide groups is 1. The molecule has 0 bridgehead atoms. The summed E-state index contributed by atoms with van der Waals surface area (Å²) < 4.78 is 5.26. The Morgan fingerprint density at radius 3 is 2.53 bits per heavy atom. The van der Waals surface area contributed by atoms with Gasteiger partial charge >= 0.3 is 0 Å². The molecule has 0 saturated heterocycles. The molecule has 1 N–H and O–H groups in total. The number of ether oxygens (including phenoxy) is 1. The molecule has 0 saturated carbocycles. The molecule has 0 atom stereocenters. The number of carbonyl (C=O) groups is 2. The number of rotatable bonds is 4. The summed E-state index contributed by atoms with van der Waals surface area (Å²) in [6, 6.07) is 9.14. The van der Waals surface area contributed by atoms with E-state index in [0.29, 0.717) is 5.75 Å². The lowest BCUT2D eigenvalue weighted by Crippen LogP contribution is -2.26. The molecule has 0 heterocycles. The van der Waals surface area contributed by atoms with E-state index in [9.17, 15) is 9.59 Å². The molecule has 0 aliphatic carbocycles. The first kappa shape index (κ1) is 11.6. The molecule has 5 heteroatoms. The second kappa shape index (κ2) is 6.08. The van der Waals surface area contributed by atoms with Gasteiger partial charge in [0.1, 0.15) is 5.75 Å². The van der Waals surface area contributed by atoms with E-state index in [0.717, 1.165) is 0 Å². The normalized spacial score (nSPS) is 9.40. The quantitative estimate of drug-likeness (QED) is 0.766. The number of para-hydroxylation sites is 1. The molecule has 0 unspecified atom stereocenters. The number of amides is 2. The van der Waals surface area contributed by atoms with Gasteiger partial charge in [-0.15, -0.1) is 0 Å². The van der Waals surface area contributed by atoms with Crippen LogP contribution >= 0.6 is 12.6 Å². The predicted molar refractivity (Wildman–Crippen MR) is 59.1 cm³/mol. The fraction of sp³-hybridized carbons (Fsp3) is 0.200. The second-order valence-corrected chi connectivity index (χ2v) is 3.17. The van der Waals surface area contributed by atoms with Gasteiger partial charge in [-0.1, -0.05) is 30.8 Å². The average Bonchev–Trinajstić information content (AvgIpc) is 2.18. The van der Waals surface area contributed by atoms with Crippen molar-refractivity contribution in [2.45, 2.75) is 6.42 Å². The summed E-state index contributed by atoms with van der Waals surface area (Å²) in [5.41, 5.74) is 0. The summed E-state index contributed by atoms with van der Waals surface area (Å²) in [5.74, 6) is 0.299. The van der Waals surface area contributed by atoms with Gasteiger partial charge in [-0.2, -0.15) is 0 Å². The van der Waals surface area contributed by atoms with Crippen LogP contribution in [0.3, 0.4) is 0 Å². The third kappa shape index (κ3) is 5.07. The molecular weight excluding hydrogens is 214 g/mol. The van der Waals surface area contributed by atoms with Crippen LogP contribution in [-0.2, 0) is 4.79 Å². The highest BCUT2D eigenvalue weighted by Crippen LogP contribution is 2.08. The van der Waals surface area contributed by atoms with E-state index in [2.05, 4.69) is 12.6 Å². The lowest BCUT2D eigenvalue weighted by Gasteiger charge is -2.04. The van der Waals surface area contributed by atoms with Crippen LogP contribution in [0.15, 0.2) is 30.3 Å². The largest absolute Gasteiger partial charge is 0.493 e. The number of benzene rings is 1. The molecule has 0 aliphatic rings. The van der Waals surface area contributed by atoms with Crippen LogP contribution in [0.1, 0.15) is 6.42 Å². The molecule has 0 radical (unpaired) electrons. The van der Waals surface area contributed by atoms with Crippen LogP contribution in [0.2, 0.25) is 0 Å². The summed E-state index contributed by atoms with van der Waals surface area (Å²) in [6.07, 6.45) is 0.126. The Hall–Kier alpha value is -1.49. The van der Waals surface area contributed by atoms with Gasteiger partial charge in [-0.25, -0.2) is 0 Å². The highest BCUT2D eigenvalue weighted by atomic mass is 32.1. The SMILES string of the molecule is O=C(S)NC(=O)CCOc1ccccc1. The van der Waals surface area contributed by atoms with Crippen LogP contribution < -0.4 is 10.1 Å². The van der Waals surface area contributed by atoms with Crippen LogP contribution in [0.4, 0.5) is 4.79 Å². The molecule has 1 aromatic rings. The number of hydrogen-bond donors (Lipinski definition) is 2. The van der Waals surface area contributed by atoms with Gasteiger partial charge in [0, 0.05) is 0 Å². The third-order valence-electron chi connectivity index (χ3n) is 1.59. The lowest BCUT2D eigenvalue weighted by molar-refractivity contribution is -0.120.